The Balaban J connectivity index is 1.92. The van der Waals surface area contributed by atoms with Gasteiger partial charge < -0.3 is 15.4 Å². The van der Waals surface area contributed by atoms with Gasteiger partial charge in [0.05, 0.1) is 17.7 Å². The van der Waals surface area contributed by atoms with Gasteiger partial charge in [0.25, 0.3) is 5.69 Å². The molecule has 2 aromatic carbocycles. The highest BCUT2D eigenvalue weighted by atomic mass is 19.1. The van der Waals surface area contributed by atoms with Crippen LogP contribution in [0.25, 0.3) is 0 Å². The molecular formula is C16H16FN3O4. The van der Waals surface area contributed by atoms with Crippen molar-refractivity contribution in [2.45, 2.75) is 6.42 Å². The minimum atomic E-state index is -0.494. The van der Waals surface area contributed by atoms with Crippen LogP contribution in [0.4, 0.5) is 21.5 Å². The van der Waals surface area contributed by atoms with Crippen molar-refractivity contribution in [3.8, 4) is 5.75 Å². The number of nitro groups is 1. The molecule has 2 rings (SSSR count). The van der Waals surface area contributed by atoms with Crippen LogP contribution in [0.3, 0.4) is 0 Å². The molecule has 0 atom stereocenters. The minimum Gasteiger partial charge on any atom is -0.494 e. The van der Waals surface area contributed by atoms with Gasteiger partial charge in [-0.3, -0.25) is 14.9 Å². The Kier molecular flexibility index (Phi) is 5.67. The SMILES string of the molecule is COc1cc(F)ccc1NC(=O)CCNc1ccccc1[N+](=O)[O-]. The number of halogens is 1. The quantitative estimate of drug-likeness (QED) is 0.599. The van der Waals surface area contributed by atoms with Crippen molar-refractivity contribution in [1.29, 1.82) is 0 Å². The van der Waals surface area contributed by atoms with Crippen LogP contribution in [0.15, 0.2) is 42.5 Å². The normalized spacial score (nSPS) is 10.1. The van der Waals surface area contributed by atoms with Crippen LogP contribution in [-0.2, 0) is 4.79 Å². The first kappa shape index (κ1) is 17.2. The van der Waals surface area contributed by atoms with Gasteiger partial charge in [0, 0.05) is 25.1 Å². The molecule has 8 heteroatoms. The molecule has 0 aromatic heterocycles. The number of nitrogens with zero attached hydrogens (tertiary/aromatic N) is 1. The zero-order chi connectivity index (χ0) is 17.5. The van der Waals surface area contributed by atoms with Gasteiger partial charge in [-0.2, -0.15) is 0 Å². The van der Waals surface area contributed by atoms with Crippen molar-refractivity contribution < 1.29 is 18.8 Å². The fourth-order valence-electron chi connectivity index (χ4n) is 2.07. The Morgan fingerprint density at radius 2 is 2.00 bits per heavy atom. The second-order valence-corrected chi connectivity index (χ2v) is 4.84. The fourth-order valence-corrected chi connectivity index (χ4v) is 2.07. The van der Waals surface area contributed by atoms with Crippen LogP contribution in [0.5, 0.6) is 5.75 Å². The first-order valence-corrected chi connectivity index (χ1v) is 7.12. The van der Waals surface area contributed by atoms with Gasteiger partial charge in [0.1, 0.15) is 17.3 Å². The van der Waals surface area contributed by atoms with E-state index in [0.717, 1.165) is 0 Å². The van der Waals surface area contributed by atoms with Crippen molar-refractivity contribution in [3.63, 3.8) is 0 Å². The Hall–Kier alpha value is -3.16. The summed E-state index contributed by atoms with van der Waals surface area (Å²) in [6.07, 6.45) is 0.0760. The Bertz CT molecular complexity index is 752. The molecule has 1 amide bonds. The van der Waals surface area contributed by atoms with E-state index < -0.39 is 10.7 Å². The molecule has 0 spiro atoms. The van der Waals surface area contributed by atoms with Gasteiger partial charge in [-0.25, -0.2) is 4.39 Å². The minimum absolute atomic E-state index is 0.0573. The molecule has 0 bridgehead atoms. The lowest BCUT2D eigenvalue weighted by molar-refractivity contribution is -0.384. The van der Waals surface area contributed by atoms with Crippen LogP contribution < -0.4 is 15.4 Å². The second kappa shape index (κ2) is 7.91. The van der Waals surface area contributed by atoms with E-state index >= 15 is 0 Å². The highest BCUT2D eigenvalue weighted by molar-refractivity contribution is 5.92. The predicted molar refractivity (Wildman–Crippen MR) is 87.8 cm³/mol. The number of carbonyl (C=O) groups excluding carboxylic acids is 1. The van der Waals surface area contributed by atoms with E-state index in [9.17, 15) is 19.3 Å². The number of benzene rings is 2. The van der Waals surface area contributed by atoms with Crippen molar-refractivity contribution >= 4 is 23.0 Å². The molecule has 0 heterocycles. The number of hydrogen-bond acceptors (Lipinski definition) is 5. The number of carbonyl (C=O) groups is 1. The molecule has 2 N–H and O–H groups in total. The fraction of sp³-hybridized carbons (Fsp3) is 0.188. The Labute approximate surface area is 137 Å². The second-order valence-electron chi connectivity index (χ2n) is 4.84. The van der Waals surface area contributed by atoms with Gasteiger partial charge in [-0.15, -0.1) is 0 Å². The number of anilines is 2. The Morgan fingerprint density at radius 3 is 2.71 bits per heavy atom. The monoisotopic (exact) mass is 333 g/mol. The molecule has 7 nitrogen and oxygen atoms in total. The molecule has 24 heavy (non-hydrogen) atoms. The number of rotatable bonds is 7. The smallest absolute Gasteiger partial charge is 0.292 e. The molecule has 126 valence electrons. The number of amides is 1. The van der Waals surface area contributed by atoms with Gasteiger partial charge in [-0.1, -0.05) is 12.1 Å². The largest absolute Gasteiger partial charge is 0.494 e. The standard InChI is InChI=1S/C16H16FN3O4/c1-24-15-10-11(17)6-7-13(15)19-16(21)8-9-18-12-4-2-3-5-14(12)20(22)23/h2-7,10,18H,8-9H2,1H3,(H,19,21). The van der Waals surface area contributed by atoms with Crippen LogP contribution >= 0.6 is 0 Å². The van der Waals surface area contributed by atoms with E-state index in [2.05, 4.69) is 10.6 Å². The molecule has 0 saturated carbocycles. The summed E-state index contributed by atoms with van der Waals surface area (Å²) in [7, 11) is 1.38. The van der Waals surface area contributed by atoms with Crippen molar-refractivity contribution in [2.75, 3.05) is 24.3 Å². The maximum Gasteiger partial charge on any atom is 0.292 e. The highest BCUT2D eigenvalue weighted by Crippen LogP contribution is 2.25. The van der Waals surface area contributed by atoms with Gasteiger partial charge in [-0.05, 0) is 18.2 Å². The molecule has 0 radical (unpaired) electrons. The van der Waals surface area contributed by atoms with Crippen molar-refractivity contribution in [3.05, 3.63) is 58.4 Å². The first-order chi connectivity index (χ1) is 11.5. The van der Waals surface area contributed by atoms with E-state index in [-0.39, 0.29) is 30.3 Å². The van der Waals surface area contributed by atoms with E-state index in [1.165, 1.54) is 31.4 Å². The summed E-state index contributed by atoms with van der Waals surface area (Å²) in [5, 5.41) is 16.4. The van der Waals surface area contributed by atoms with Gasteiger partial charge in [0.15, 0.2) is 0 Å². The van der Waals surface area contributed by atoms with E-state index in [1.807, 2.05) is 0 Å². The molecule has 0 saturated heterocycles. The number of para-hydroxylation sites is 2. The lowest BCUT2D eigenvalue weighted by Gasteiger charge is -2.11. The van der Waals surface area contributed by atoms with Crippen molar-refractivity contribution in [1.82, 2.24) is 0 Å². The third-order valence-electron chi connectivity index (χ3n) is 3.21. The third-order valence-corrected chi connectivity index (χ3v) is 3.21. The maximum atomic E-state index is 13.1. The van der Waals surface area contributed by atoms with Crippen molar-refractivity contribution in [2.24, 2.45) is 0 Å². The average molecular weight is 333 g/mol. The lowest BCUT2D eigenvalue weighted by Crippen LogP contribution is -2.17. The number of nitro benzene ring substituents is 1. The zero-order valence-corrected chi connectivity index (χ0v) is 12.9. The molecule has 0 aliphatic carbocycles. The lowest BCUT2D eigenvalue weighted by atomic mass is 10.2. The zero-order valence-electron chi connectivity index (χ0n) is 12.9. The van der Waals surface area contributed by atoms with Crippen LogP contribution in [0.1, 0.15) is 6.42 Å². The molecule has 0 unspecified atom stereocenters. The van der Waals surface area contributed by atoms with Crippen LogP contribution in [0.2, 0.25) is 0 Å². The van der Waals surface area contributed by atoms with Gasteiger partial charge in [0.2, 0.25) is 5.91 Å². The summed E-state index contributed by atoms with van der Waals surface area (Å²) in [6.45, 7) is 0.209. The summed E-state index contributed by atoms with van der Waals surface area (Å²) in [5.41, 5.74) is 0.641. The molecule has 0 fully saturated rings. The summed E-state index contributed by atoms with van der Waals surface area (Å²) >= 11 is 0. The average Bonchev–Trinajstić information content (AvgIpc) is 2.56. The van der Waals surface area contributed by atoms with E-state index in [4.69, 9.17) is 4.74 Å². The summed E-state index contributed by atoms with van der Waals surface area (Å²) in [5.74, 6) is -0.580. The predicted octanol–water partition coefficient (Wildman–Crippen LogP) is 3.18. The number of ether oxygens (including phenoxy) is 1. The molecular weight excluding hydrogens is 317 g/mol. The number of methoxy groups -OCH3 is 1. The highest BCUT2D eigenvalue weighted by Gasteiger charge is 2.13. The van der Waals surface area contributed by atoms with Crippen LogP contribution in [0, 0.1) is 15.9 Å². The van der Waals surface area contributed by atoms with Crippen LogP contribution in [-0.4, -0.2) is 24.5 Å². The summed E-state index contributed by atoms with van der Waals surface area (Å²) < 4.78 is 18.1. The Morgan fingerprint density at radius 1 is 1.25 bits per heavy atom. The van der Waals surface area contributed by atoms with E-state index in [1.54, 1.807) is 18.2 Å². The third kappa shape index (κ3) is 4.42. The first-order valence-electron chi connectivity index (χ1n) is 7.12. The topological polar surface area (TPSA) is 93.5 Å². The summed E-state index contributed by atoms with van der Waals surface area (Å²) in [4.78, 5) is 22.3. The molecule has 0 aliphatic heterocycles. The number of hydrogen-bond donors (Lipinski definition) is 2. The maximum absolute atomic E-state index is 13.1. The summed E-state index contributed by atoms with van der Waals surface area (Å²) in [6, 6.07) is 9.97. The van der Waals surface area contributed by atoms with E-state index in [0.29, 0.717) is 11.4 Å². The number of nitrogens with one attached hydrogen (secondary N) is 2. The van der Waals surface area contributed by atoms with Gasteiger partial charge >= 0.3 is 0 Å². The molecule has 2 aromatic rings. The molecule has 0 aliphatic rings.